The topological polar surface area (TPSA) is 97.4 Å². The molecule has 0 fully saturated rings. The van der Waals surface area contributed by atoms with Crippen LogP contribution >= 0.6 is 11.3 Å². The molecule has 0 saturated carbocycles. The largest absolute Gasteiger partial charge is 0.479 e. The molecule has 1 unspecified atom stereocenters. The number of aromatic nitrogens is 1. The predicted octanol–water partition coefficient (Wildman–Crippen LogP) is 3.47. The Labute approximate surface area is 164 Å². The molecule has 1 aliphatic heterocycles. The zero-order valence-electron chi connectivity index (χ0n) is 14.5. The van der Waals surface area contributed by atoms with Gasteiger partial charge in [-0.3, -0.25) is 9.52 Å². The highest BCUT2D eigenvalue weighted by Gasteiger charge is 2.24. The smallest absolute Gasteiger partial charge is 0.265 e. The van der Waals surface area contributed by atoms with Gasteiger partial charge in [0.2, 0.25) is 0 Å². The Balaban J connectivity index is 1.57. The Morgan fingerprint density at radius 3 is 2.71 bits per heavy atom. The Hall–Kier alpha value is -2.98. The average molecular weight is 419 g/mol. The third-order valence-electron chi connectivity index (χ3n) is 4.06. The number of hydrogen-bond acceptors (Lipinski definition) is 6. The number of sulfonamides is 1. The first-order valence-corrected chi connectivity index (χ1v) is 10.5. The second-order valence-electron chi connectivity index (χ2n) is 6.06. The molecule has 1 aromatic heterocycles. The van der Waals surface area contributed by atoms with Gasteiger partial charge in [-0.25, -0.2) is 17.8 Å². The van der Waals surface area contributed by atoms with E-state index in [1.54, 1.807) is 30.5 Å². The Bertz CT molecular complexity index is 1160. The second-order valence-corrected chi connectivity index (χ2v) is 8.60. The molecule has 144 valence electrons. The van der Waals surface area contributed by atoms with Crippen molar-refractivity contribution in [2.75, 3.05) is 10.0 Å². The van der Waals surface area contributed by atoms with Crippen LogP contribution in [0, 0.1) is 5.82 Å². The lowest BCUT2D eigenvalue weighted by molar-refractivity contribution is -0.122. The number of amides is 1. The van der Waals surface area contributed by atoms with Crippen molar-refractivity contribution in [3.8, 4) is 17.0 Å². The number of carbonyl (C=O) groups is 1. The predicted molar refractivity (Wildman–Crippen MR) is 103 cm³/mol. The highest BCUT2D eigenvalue weighted by Crippen LogP contribution is 2.35. The summed E-state index contributed by atoms with van der Waals surface area (Å²) in [5, 5.41) is 4.63. The van der Waals surface area contributed by atoms with Gasteiger partial charge in [0.05, 0.1) is 16.3 Å². The molecule has 0 bridgehead atoms. The third-order valence-corrected chi connectivity index (χ3v) is 6.30. The second kappa shape index (κ2) is 6.88. The Morgan fingerprint density at radius 2 is 1.96 bits per heavy atom. The van der Waals surface area contributed by atoms with Gasteiger partial charge in [0, 0.05) is 10.9 Å². The monoisotopic (exact) mass is 419 g/mol. The van der Waals surface area contributed by atoms with Crippen LogP contribution in [0.5, 0.6) is 5.75 Å². The van der Waals surface area contributed by atoms with E-state index in [9.17, 15) is 17.6 Å². The van der Waals surface area contributed by atoms with E-state index in [0.29, 0.717) is 22.7 Å². The van der Waals surface area contributed by atoms with E-state index in [1.165, 1.54) is 12.1 Å². The van der Waals surface area contributed by atoms with E-state index in [0.717, 1.165) is 23.5 Å². The van der Waals surface area contributed by atoms with Gasteiger partial charge >= 0.3 is 0 Å². The Morgan fingerprint density at radius 1 is 1.21 bits per heavy atom. The third kappa shape index (κ3) is 3.56. The summed E-state index contributed by atoms with van der Waals surface area (Å²) in [4.78, 5) is 16.0. The maximum absolute atomic E-state index is 13.0. The summed E-state index contributed by atoms with van der Waals surface area (Å²) in [6.07, 6.45) is -0.565. The molecule has 1 aliphatic rings. The van der Waals surface area contributed by atoms with Crippen molar-refractivity contribution in [2.24, 2.45) is 0 Å². The molecule has 1 amide bonds. The number of nitrogens with zero attached hydrogens (tertiary/aromatic N) is 1. The number of benzene rings is 2. The van der Waals surface area contributed by atoms with Gasteiger partial charge in [0.15, 0.2) is 11.2 Å². The molecule has 4 rings (SSSR count). The SMILES string of the molecule is CC1Oc2ccc(-c3csc(NS(=O)(=O)c4ccc(F)cc4)n3)cc2NC1=O. The number of hydrogen-bond donors (Lipinski definition) is 2. The number of nitrogens with one attached hydrogen (secondary N) is 2. The quantitative estimate of drug-likeness (QED) is 0.675. The van der Waals surface area contributed by atoms with Crippen molar-refractivity contribution in [1.29, 1.82) is 0 Å². The summed E-state index contributed by atoms with van der Waals surface area (Å²) >= 11 is 1.11. The minimum Gasteiger partial charge on any atom is -0.479 e. The van der Waals surface area contributed by atoms with E-state index in [2.05, 4.69) is 15.0 Å². The van der Waals surface area contributed by atoms with Crippen LogP contribution in [-0.2, 0) is 14.8 Å². The van der Waals surface area contributed by atoms with Crippen LogP contribution in [0.2, 0.25) is 0 Å². The molecule has 28 heavy (non-hydrogen) atoms. The van der Waals surface area contributed by atoms with Crippen LogP contribution in [0.1, 0.15) is 6.92 Å². The van der Waals surface area contributed by atoms with Crippen LogP contribution in [0.4, 0.5) is 15.2 Å². The first-order chi connectivity index (χ1) is 13.3. The molecule has 1 atom stereocenters. The number of halogens is 1. The summed E-state index contributed by atoms with van der Waals surface area (Å²) in [5.74, 6) is -0.202. The first kappa shape index (κ1) is 18.4. The van der Waals surface area contributed by atoms with Gasteiger partial charge < -0.3 is 10.1 Å². The van der Waals surface area contributed by atoms with Gasteiger partial charge in [-0.1, -0.05) is 0 Å². The van der Waals surface area contributed by atoms with Crippen molar-refractivity contribution in [1.82, 2.24) is 4.98 Å². The summed E-state index contributed by atoms with van der Waals surface area (Å²) in [6, 6.07) is 9.72. The van der Waals surface area contributed by atoms with Gasteiger partial charge in [0.1, 0.15) is 11.6 Å². The van der Waals surface area contributed by atoms with Crippen molar-refractivity contribution in [3.05, 3.63) is 53.7 Å². The van der Waals surface area contributed by atoms with E-state index in [-0.39, 0.29) is 15.9 Å². The number of ether oxygens (including phenoxy) is 1. The van der Waals surface area contributed by atoms with E-state index < -0.39 is 21.9 Å². The standard InChI is InChI=1S/C18H14FN3O4S2/c1-10-17(23)20-14-8-11(2-7-16(14)26-10)15-9-27-18(21-15)22-28(24,25)13-5-3-12(19)4-6-13/h2-10H,1H3,(H,20,23)(H,21,22). The zero-order valence-corrected chi connectivity index (χ0v) is 16.1. The minimum absolute atomic E-state index is 0.0617. The molecule has 0 radical (unpaired) electrons. The van der Waals surface area contributed by atoms with Gasteiger partial charge in [-0.15, -0.1) is 11.3 Å². The lowest BCUT2D eigenvalue weighted by Gasteiger charge is -2.23. The fraction of sp³-hybridized carbons (Fsp3) is 0.111. The van der Waals surface area contributed by atoms with Crippen LogP contribution in [-0.4, -0.2) is 25.4 Å². The van der Waals surface area contributed by atoms with E-state index in [4.69, 9.17) is 4.74 Å². The molecule has 0 saturated heterocycles. The number of fused-ring (bicyclic) bond motifs is 1. The van der Waals surface area contributed by atoms with Crippen LogP contribution < -0.4 is 14.8 Å². The highest BCUT2D eigenvalue weighted by molar-refractivity contribution is 7.93. The van der Waals surface area contributed by atoms with Crippen molar-refractivity contribution >= 4 is 38.1 Å². The number of anilines is 2. The van der Waals surface area contributed by atoms with E-state index in [1.807, 2.05) is 0 Å². The molecule has 10 heteroatoms. The lowest BCUT2D eigenvalue weighted by atomic mass is 10.1. The van der Waals surface area contributed by atoms with E-state index >= 15 is 0 Å². The van der Waals surface area contributed by atoms with Crippen LogP contribution in [0.15, 0.2) is 52.7 Å². The average Bonchev–Trinajstić information content (AvgIpc) is 3.10. The van der Waals surface area contributed by atoms with Crippen molar-refractivity contribution in [3.63, 3.8) is 0 Å². The minimum atomic E-state index is -3.87. The lowest BCUT2D eigenvalue weighted by Crippen LogP contribution is -2.34. The van der Waals surface area contributed by atoms with Crippen LogP contribution in [0.3, 0.4) is 0 Å². The fourth-order valence-corrected chi connectivity index (χ4v) is 4.58. The first-order valence-electron chi connectivity index (χ1n) is 8.18. The van der Waals surface area contributed by atoms with Crippen LogP contribution in [0.25, 0.3) is 11.3 Å². The van der Waals surface area contributed by atoms with Gasteiger partial charge in [0.25, 0.3) is 15.9 Å². The normalized spacial score (nSPS) is 16.1. The molecule has 7 nitrogen and oxygen atoms in total. The summed E-state index contributed by atoms with van der Waals surface area (Å²) in [6.45, 7) is 1.66. The molecular weight excluding hydrogens is 405 g/mol. The summed E-state index contributed by atoms with van der Waals surface area (Å²) in [7, 11) is -3.87. The molecule has 2 aromatic carbocycles. The number of thiazole rings is 1. The highest BCUT2D eigenvalue weighted by atomic mass is 32.2. The Kier molecular flexibility index (Phi) is 4.52. The van der Waals surface area contributed by atoms with Crippen molar-refractivity contribution < 1.29 is 22.3 Å². The summed E-state index contributed by atoms with van der Waals surface area (Å²) in [5.41, 5.74) is 1.76. The van der Waals surface area contributed by atoms with Crippen molar-refractivity contribution in [2.45, 2.75) is 17.9 Å². The number of rotatable bonds is 4. The molecule has 0 spiro atoms. The molecular formula is C18H14FN3O4S2. The maximum atomic E-state index is 13.0. The number of carbonyl (C=O) groups excluding carboxylic acids is 1. The molecule has 2 heterocycles. The maximum Gasteiger partial charge on any atom is 0.265 e. The van der Waals surface area contributed by atoms with Gasteiger partial charge in [-0.05, 0) is 49.4 Å². The summed E-state index contributed by atoms with van der Waals surface area (Å²) < 4.78 is 45.7. The fourth-order valence-electron chi connectivity index (χ4n) is 2.61. The molecule has 0 aliphatic carbocycles. The molecule has 3 aromatic rings. The van der Waals surface area contributed by atoms with Gasteiger partial charge in [-0.2, -0.15) is 0 Å². The zero-order chi connectivity index (χ0) is 19.9. The molecule has 2 N–H and O–H groups in total.